The molecule has 0 N–H and O–H groups in total. The molecule has 5 heteroatoms. The molecule has 0 bridgehead atoms. The third-order valence-electron chi connectivity index (χ3n) is 2.60. The van der Waals surface area contributed by atoms with Crippen LogP contribution in [0, 0.1) is 10.1 Å². The Morgan fingerprint density at radius 1 is 1.20 bits per heavy atom. The van der Waals surface area contributed by atoms with Gasteiger partial charge in [-0.3, -0.25) is 10.1 Å². The number of nitro benzene ring substituents is 1. The van der Waals surface area contributed by atoms with E-state index in [-0.39, 0.29) is 11.4 Å². The lowest BCUT2D eigenvalue weighted by Gasteiger charge is -2.09. The first kappa shape index (κ1) is 14.3. The molecule has 0 heterocycles. The van der Waals surface area contributed by atoms with Crippen molar-refractivity contribution in [3.05, 3.63) is 68.7 Å². The van der Waals surface area contributed by atoms with Crippen molar-refractivity contribution in [2.75, 3.05) is 0 Å². The molecule has 0 spiro atoms. The fourth-order valence-electron chi connectivity index (χ4n) is 1.73. The van der Waals surface area contributed by atoms with Crippen LogP contribution in [0.25, 0.3) is 6.08 Å². The van der Waals surface area contributed by atoms with Gasteiger partial charge in [0.1, 0.15) is 5.75 Å². The summed E-state index contributed by atoms with van der Waals surface area (Å²) >= 11 is 3.22. The highest BCUT2D eigenvalue weighted by Gasteiger charge is 2.16. The number of nitro groups is 1. The second-order valence-electron chi connectivity index (χ2n) is 4.01. The van der Waals surface area contributed by atoms with Crippen LogP contribution in [-0.2, 0) is 0 Å². The largest absolute Gasteiger partial charge is 0.449 e. The quantitative estimate of drug-likeness (QED) is 0.572. The molecule has 0 aliphatic rings. The average Bonchev–Trinajstić information content (AvgIpc) is 2.43. The van der Waals surface area contributed by atoms with Gasteiger partial charge in [0.25, 0.3) is 0 Å². The van der Waals surface area contributed by atoms with E-state index in [0.717, 1.165) is 5.56 Å². The number of ether oxygens (including phenoxy) is 1. The zero-order chi connectivity index (χ0) is 14.5. The predicted molar refractivity (Wildman–Crippen MR) is 82.0 cm³/mol. The number of benzene rings is 2. The molecule has 0 amide bonds. The molecule has 0 aromatic heterocycles. The molecule has 0 saturated heterocycles. The molecule has 0 aliphatic heterocycles. The Morgan fingerprint density at radius 2 is 1.95 bits per heavy atom. The maximum absolute atomic E-state index is 11.1. The van der Waals surface area contributed by atoms with E-state index in [9.17, 15) is 10.1 Å². The monoisotopic (exact) mass is 333 g/mol. The van der Waals surface area contributed by atoms with Gasteiger partial charge < -0.3 is 4.74 Å². The fourth-order valence-corrected chi connectivity index (χ4v) is 2.08. The minimum absolute atomic E-state index is 0.0744. The Labute approximate surface area is 125 Å². The average molecular weight is 334 g/mol. The van der Waals surface area contributed by atoms with Crippen molar-refractivity contribution in [2.45, 2.75) is 6.92 Å². The van der Waals surface area contributed by atoms with Crippen molar-refractivity contribution in [3.8, 4) is 11.5 Å². The Balaban J connectivity index is 2.42. The molecule has 0 saturated carbocycles. The number of rotatable bonds is 4. The maximum Gasteiger partial charge on any atom is 0.312 e. The zero-order valence-corrected chi connectivity index (χ0v) is 12.3. The summed E-state index contributed by atoms with van der Waals surface area (Å²) in [5, 5.41) is 11.1. The highest BCUT2D eigenvalue weighted by atomic mass is 79.9. The van der Waals surface area contributed by atoms with Crippen molar-refractivity contribution in [1.29, 1.82) is 0 Å². The lowest BCUT2D eigenvalue weighted by Crippen LogP contribution is -1.94. The zero-order valence-electron chi connectivity index (χ0n) is 10.7. The third-order valence-corrected chi connectivity index (χ3v) is 3.10. The first-order chi connectivity index (χ1) is 9.61. The van der Waals surface area contributed by atoms with Gasteiger partial charge in [0.15, 0.2) is 0 Å². The topological polar surface area (TPSA) is 52.4 Å². The van der Waals surface area contributed by atoms with Crippen LogP contribution >= 0.6 is 15.9 Å². The van der Waals surface area contributed by atoms with Gasteiger partial charge in [-0.15, -0.1) is 0 Å². The van der Waals surface area contributed by atoms with E-state index in [4.69, 9.17) is 4.74 Å². The Bertz CT molecular complexity index is 668. The van der Waals surface area contributed by atoms with Crippen LogP contribution in [0.4, 0.5) is 5.69 Å². The Hall–Kier alpha value is -2.14. The predicted octanol–water partition coefficient (Wildman–Crippen LogP) is 5.18. The van der Waals surface area contributed by atoms with E-state index in [2.05, 4.69) is 15.9 Å². The van der Waals surface area contributed by atoms with Gasteiger partial charge in [0.2, 0.25) is 5.75 Å². The number of para-hydroxylation sites is 1. The molecule has 2 aromatic rings. The maximum atomic E-state index is 11.1. The van der Waals surface area contributed by atoms with Crippen LogP contribution in [0.3, 0.4) is 0 Å². The summed E-state index contributed by atoms with van der Waals surface area (Å²) in [5.41, 5.74) is 0.793. The van der Waals surface area contributed by atoms with Crippen molar-refractivity contribution in [1.82, 2.24) is 0 Å². The molecule has 4 nitrogen and oxygen atoms in total. The smallest absolute Gasteiger partial charge is 0.312 e. The van der Waals surface area contributed by atoms with Crippen LogP contribution in [0.1, 0.15) is 12.5 Å². The SMILES string of the molecule is CC=Cc1ccccc1Oc1ccc(Br)cc1[N+](=O)[O-]. The van der Waals surface area contributed by atoms with E-state index in [0.29, 0.717) is 10.2 Å². The molecule has 102 valence electrons. The molecule has 0 fully saturated rings. The van der Waals surface area contributed by atoms with E-state index < -0.39 is 4.92 Å². The normalized spacial score (nSPS) is 10.7. The van der Waals surface area contributed by atoms with Crippen LogP contribution < -0.4 is 4.74 Å². The van der Waals surface area contributed by atoms with Gasteiger partial charge in [-0.25, -0.2) is 0 Å². The summed E-state index contributed by atoms with van der Waals surface area (Å²) < 4.78 is 6.33. The molecule has 2 rings (SSSR count). The molecule has 20 heavy (non-hydrogen) atoms. The molecule has 2 aromatic carbocycles. The van der Waals surface area contributed by atoms with Gasteiger partial charge in [-0.2, -0.15) is 0 Å². The van der Waals surface area contributed by atoms with E-state index in [1.54, 1.807) is 18.2 Å². The van der Waals surface area contributed by atoms with Gasteiger partial charge in [-0.1, -0.05) is 46.3 Å². The first-order valence-electron chi connectivity index (χ1n) is 5.95. The summed E-state index contributed by atoms with van der Waals surface area (Å²) in [5.74, 6) is 0.797. The minimum Gasteiger partial charge on any atom is -0.449 e. The van der Waals surface area contributed by atoms with Crippen LogP contribution in [0.5, 0.6) is 11.5 Å². The Morgan fingerprint density at radius 3 is 2.65 bits per heavy atom. The fraction of sp³-hybridized carbons (Fsp3) is 0.0667. The summed E-state index contributed by atoms with van der Waals surface area (Å²) in [6.45, 7) is 1.90. The molecular weight excluding hydrogens is 322 g/mol. The van der Waals surface area contributed by atoms with Gasteiger partial charge >= 0.3 is 5.69 Å². The number of hydrogen-bond acceptors (Lipinski definition) is 3. The third kappa shape index (κ3) is 3.24. The molecule has 0 radical (unpaired) electrons. The number of nitrogens with zero attached hydrogens (tertiary/aromatic N) is 1. The number of halogens is 1. The second kappa shape index (κ2) is 6.34. The lowest BCUT2D eigenvalue weighted by atomic mass is 10.2. The van der Waals surface area contributed by atoms with E-state index in [1.165, 1.54) is 6.07 Å². The first-order valence-corrected chi connectivity index (χ1v) is 6.74. The van der Waals surface area contributed by atoms with Crippen molar-refractivity contribution in [2.24, 2.45) is 0 Å². The van der Waals surface area contributed by atoms with E-state index >= 15 is 0 Å². The van der Waals surface area contributed by atoms with Crippen molar-refractivity contribution >= 4 is 27.7 Å². The minimum atomic E-state index is -0.460. The molecule has 0 aliphatic carbocycles. The summed E-state index contributed by atoms with van der Waals surface area (Å²) in [7, 11) is 0. The number of allylic oxidation sites excluding steroid dienone is 1. The van der Waals surface area contributed by atoms with Gasteiger partial charge in [0.05, 0.1) is 4.92 Å². The second-order valence-corrected chi connectivity index (χ2v) is 4.92. The summed E-state index contributed by atoms with van der Waals surface area (Å²) in [6, 6.07) is 12.1. The summed E-state index contributed by atoms with van der Waals surface area (Å²) in [4.78, 5) is 10.6. The molecule has 0 unspecified atom stereocenters. The molecular formula is C15H12BrNO3. The number of hydrogen-bond donors (Lipinski definition) is 0. The van der Waals surface area contributed by atoms with Crippen molar-refractivity contribution < 1.29 is 9.66 Å². The van der Waals surface area contributed by atoms with Crippen LogP contribution in [-0.4, -0.2) is 4.92 Å². The lowest BCUT2D eigenvalue weighted by molar-refractivity contribution is -0.385. The summed E-state index contributed by atoms with van der Waals surface area (Å²) in [6.07, 6.45) is 3.78. The Kier molecular flexibility index (Phi) is 4.53. The van der Waals surface area contributed by atoms with E-state index in [1.807, 2.05) is 37.3 Å². The van der Waals surface area contributed by atoms with Gasteiger partial charge in [0, 0.05) is 16.1 Å². The van der Waals surface area contributed by atoms with Crippen LogP contribution in [0.15, 0.2) is 53.0 Å². The standard InChI is InChI=1S/C15H12BrNO3/c1-2-5-11-6-3-4-7-14(11)20-15-9-8-12(16)10-13(15)17(18)19/h2-10H,1H3. The van der Waals surface area contributed by atoms with Crippen LogP contribution in [0.2, 0.25) is 0 Å². The highest BCUT2D eigenvalue weighted by Crippen LogP contribution is 2.35. The van der Waals surface area contributed by atoms with Gasteiger partial charge in [-0.05, 0) is 25.1 Å². The van der Waals surface area contributed by atoms with Crippen molar-refractivity contribution in [3.63, 3.8) is 0 Å². The highest BCUT2D eigenvalue weighted by molar-refractivity contribution is 9.10. The molecule has 0 atom stereocenters.